The Morgan fingerprint density at radius 1 is 1.26 bits per heavy atom. The molecule has 23 heavy (non-hydrogen) atoms. The number of amides is 3. The molecule has 0 spiro atoms. The molecular formula is C16H24N4O2S. The van der Waals surface area contributed by atoms with E-state index < -0.39 is 0 Å². The minimum absolute atomic E-state index is 0.0638. The van der Waals surface area contributed by atoms with E-state index in [-0.39, 0.29) is 23.9 Å². The Labute approximate surface area is 140 Å². The van der Waals surface area contributed by atoms with Gasteiger partial charge in [-0.05, 0) is 33.1 Å². The molecule has 0 aromatic carbocycles. The molecule has 1 atom stereocenters. The summed E-state index contributed by atoms with van der Waals surface area (Å²) in [5, 5.41) is 5.94. The molecule has 1 aromatic rings. The molecule has 126 valence electrons. The lowest BCUT2D eigenvalue weighted by molar-refractivity contribution is -0.132. The van der Waals surface area contributed by atoms with Crippen LogP contribution in [-0.4, -0.2) is 52.9 Å². The van der Waals surface area contributed by atoms with Crippen LogP contribution in [0, 0.1) is 12.8 Å². The van der Waals surface area contributed by atoms with Gasteiger partial charge in [0.15, 0.2) is 0 Å². The first-order valence-electron chi connectivity index (χ1n) is 8.31. The van der Waals surface area contributed by atoms with Gasteiger partial charge in [0.25, 0.3) is 0 Å². The van der Waals surface area contributed by atoms with Crippen molar-refractivity contribution in [3.8, 4) is 0 Å². The van der Waals surface area contributed by atoms with E-state index in [0.29, 0.717) is 19.6 Å². The Bertz CT molecular complexity index is 584. The fourth-order valence-corrected chi connectivity index (χ4v) is 3.64. The fourth-order valence-electron chi connectivity index (χ4n) is 2.84. The van der Waals surface area contributed by atoms with E-state index in [1.165, 1.54) is 0 Å². The molecular weight excluding hydrogens is 312 g/mol. The zero-order chi connectivity index (χ0) is 16.4. The number of aryl methyl sites for hydroxylation is 1. The molecule has 0 radical (unpaired) electrons. The highest BCUT2D eigenvalue weighted by Crippen LogP contribution is 2.31. The van der Waals surface area contributed by atoms with Gasteiger partial charge in [0.05, 0.1) is 6.04 Å². The number of nitrogens with zero attached hydrogens (tertiary/aromatic N) is 3. The average Bonchev–Trinajstić information content (AvgIpc) is 3.32. The van der Waals surface area contributed by atoms with Crippen molar-refractivity contribution in [2.75, 3.05) is 26.2 Å². The summed E-state index contributed by atoms with van der Waals surface area (Å²) in [5.74, 6) is 0.530. The summed E-state index contributed by atoms with van der Waals surface area (Å²) in [7, 11) is 0. The van der Waals surface area contributed by atoms with Gasteiger partial charge in [-0.1, -0.05) is 0 Å². The standard InChI is InChI=1S/C16H24N4O2S/c1-11-10-23-14(17-11)12(2)18-16(22)20-7-3-6-19(8-9-20)15(21)13-4-5-13/h10,12-13H,3-9H2,1-2H3,(H,18,22)/t12-/m1/s1. The highest BCUT2D eigenvalue weighted by atomic mass is 32.1. The quantitative estimate of drug-likeness (QED) is 0.920. The lowest BCUT2D eigenvalue weighted by Crippen LogP contribution is -2.43. The van der Waals surface area contributed by atoms with Gasteiger partial charge in [0, 0.05) is 43.2 Å². The van der Waals surface area contributed by atoms with Crippen molar-refractivity contribution in [3.63, 3.8) is 0 Å². The molecule has 1 saturated heterocycles. The van der Waals surface area contributed by atoms with Gasteiger partial charge in [0.2, 0.25) is 5.91 Å². The predicted octanol–water partition coefficient (Wildman–Crippen LogP) is 2.17. The van der Waals surface area contributed by atoms with E-state index in [9.17, 15) is 9.59 Å². The second-order valence-corrected chi connectivity index (χ2v) is 7.33. The van der Waals surface area contributed by atoms with Gasteiger partial charge in [-0.3, -0.25) is 4.79 Å². The fraction of sp³-hybridized carbons (Fsp3) is 0.688. The SMILES string of the molecule is Cc1csc([C@@H](C)NC(=O)N2CCCN(C(=O)C3CC3)CC2)n1. The summed E-state index contributed by atoms with van der Waals surface area (Å²) in [6.45, 7) is 6.62. The van der Waals surface area contributed by atoms with Crippen LogP contribution in [0.2, 0.25) is 0 Å². The van der Waals surface area contributed by atoms with Crippen LogP contribution in [0.25, 0.3) is 0 Å². The van der Waals surface area contributed by atoms with Crippen LogP contribution >= 0.6 is 11.3 Å². The molecule has 0 bridgehead atoms. The molecule has 0 unspecified atom stereocenters. The second-order valence-electron chi connectivity index (χ2n) is 6.44. The van der Waals surface area contributed by atoms with Crippen molar-refractivity contribution < 1.29 is 9.59 Å². The van der Waals surface area contributed by atoms with E-state index >= 15 is 0 Å². The summed E-state index contributed by atoms with van der Waals surface area (Å²) in [6, 6.07) is -0.153. The van der Waals surface area contributed by atoms with E-state index in [0.717, 1.165) is 36.5 Å². The van der Waals surface area contributed by atoms with Gasteiger partial charge in [0.1, 0.15) is 5.01 Å². The largest absolute Gasteiger partial charge is 0.341 e. The number of nitrogens with one attached hydrogen (secondary N) is 1. The predicted molar refractivity (Wildman–Crippen MR) is 89.3 cm³/mol. The molecule has 1 aromatic heterocycles. The number of rotatable bonds is 3. The first-order valence-corrected chi connectivity index (χ1v) is 9.19. The molecule has 1 aliphatic heterocycles. The normalized spacial score (nSPS) is 20.1. The summed E-state index contributed by atoms with van der Waals surface area (Å²) in [5.41, 5.74) is 0.982. The van der Waals surface area contributed by atoms with Crippen LogP contribution in [-0.2, 0) is 4.79 Å². The monoisotopic (exact) mass is 336 g/mol. The minimum Gasteiger partial charge on any atom is -0.341 e. The maximum atomic E-state index is 12.5. The van der Waals surface area contributed by atoms with Gasteiger partial charge >= 0.3 is 6.03 Å². The van der Waals surface area contributed by atoms with Crippen molar-refractivity contribution in [1.29, 1.82) is 0 Å². The molecule has 3 rings (SSSR count). The Balaban J connectivity index is 1.52. The Morgan fingerprint density at radius 2 is 1.96 bits per heavy atom. The maximum Gasteiger partial charge on any atom is 0.318 e. The topological polar surface area (TPSA) is 65.5 Å². The first kappa shape index (κ1) is 16.2. The number of carbonyl (C=O) groups is 2. The number of hydrogen-bond acceptors (Lipinski definition) is 4. The molecule has 1 saturated carbocycles. The van der Waals surface area contributed by atoms with Gasteiger partial charge in [-0.2, -0.15) is 0 Å². The molecule has 7 heteroatoms. The number of aromatic nitrogens is 1. The Kier molecular flexibility index (Phi) is 4.84. The lowest BCUT2D eigenvalue weighted by atomic mass is 10.3. The molecule has 3 amide bonds. The van der Waals surface area contributed by atoms with Crippen molar-refractivity contribution in [3.05, 3.63) is 16.1 Å². The van der Waals surface area contributed by atoms with Crippen molar-refractivity contribution in [1.82, 2.24) is 20.1 Å². The van der Waals surface area contributed by atoms with Crippen LogP contribution in [0.1, 0.15) is 42.9 Å². The second kappa shape index (κ2) is 6.86. The summed E-state index contributed by atoms with van der Waals surface area (Å²) in [6.07, 6.45) is 2.91. The van der Waals surface area contributed by atoms with Gasteiger partial charge < -0.3 is 15.1 Å². The van der Waals surface area contributed by atoms with Crippen molar-refractivity contribution in [2.24, 2.45) is 5.92 Å². The van der Waals surface area contributed by atoms with Gasteiger partial charge in [-0.15, -0.1) is 11.3 Å². The van der Waals surface area contributed by atoms with E-state index in [2.05, 4.69) is 10.3 Å². The number of hydrogen-bond donors (Lipinski definition) is 1. The van der Waals surface area contributed by atoms with Crippen LogP contribution in [0.3, 0.4) is 0 Å². The minimum atomic E-state index is -0.0892. The zero-order valence-electron chi connectivity index (χ0n) is 13.7. The highest BCUT2D eigenvalue weighted by Gasteiger charge is 2.34. The molecule has 6 nitrogen and oxygen atoms in total. The third kappa shape index (κ3) is 4.02. The van der Waals surface area contributed by atoms with E-state index in [4.69, 9.17) is 0 Å². The molecule has 2 fully saturated rings. The van der Waals surface area contributed by atoms with E-state index in [1.54, 1.807) is 11.3 Å². The van der Waals surface area contributed by atoms with Gasteiger partial charge in [-0.25, -0.2) is 9.78 Å². The first-order chi connectivity index (χ1) is 11.0. The summed E-state index contributed by atoms with van der Waals surface area (Å²) >= 11 is 1.57. The van der Waals surface area contributed by atoms with Crippen LogP contribution in [0.4, 0.5) is 4.79 Å². The van der Waals surface area contributed by atoms with Crippen molar-refractivity contribution in [2.45, 2.75) is 39.2 Å². The summed E-state index contributed by atoms with van der Waals surface area (Å²) in [4.78, 5) is 32.8. The zero-order valence-corrected chi connectivity index (χ0v) is 14.6. The number of urea groups is 1. The number of carbonyl (C=O) groups excluding carboxylic acids is 2. The van der Waals surface area contributed by atoms with Crippen LogP contribution in [0.5, 0.6) is 0 Å². The third-order valence-corrected chi connectivity index (χ3v) is 5.51. The molecule has 1 N–H and O–H groups in total. The smallest absolute Gasteiger partial charge is 0.318 e. The highest BCUT2D eigenvalue weighted by molar-refractivity contribution is 7.09. The van der Waals surface area contributed by atoms with E-state index in [1.807, 2.05) is 29.0 Å². The van der Waals surface area contributed by atoms with Crippen LogP contribution < -0.4 is 5.32 Å². The molecule has 2 heterocycles. The Morgan fingerprint density at radius 3 is 2.61 bits per heavy atom. The average molecular weight is 336 g/mol. The Hall–Kier alpha value is -1.63. The molecule has 1 aliphatic carbocycles. The third-order valence-electron chi connectivity index (χ3n) is 4.37. The van der Waals surface area contributed by atoms with Crippen molar-refractivity contribution >= 4 is 23.3 Å². The lowest BCUT2D eigenvalue weighted by Gasteiger charge is -2.24. The summed E-state index contributed by atoms with van der Waals surface area (Å²) < 4.78 is 0. The van der Waals surface area contributed by atoms with Crippen LogP contribution in [0.15, 0.2) is 5.38 Å². The maximum absolute atomic E-state index is 12.5. The number of thiazole rings is 1. The molecule has 2 aliphatic rings.